The molecule has 1 atom stereocenters. The molecular weight excluding hydrogens is 230 g/mol. The van der Waals surface area contributed by atoms with Gasteiger partial charge in [0.1, 0.15) is 0 Å². The molecule has 0 saturated heterocycles. The molecule has 1 aromatic carbocycles. The highest BCUT2D eigenvalue weighted by atomic mass is 35.5. The largest absolute Gasteiger partial charge is 0.478 e. The maximum atomic E-state index is 10.7. The third kappa shape index (κ3) is 3.40. The summed E-state index contributed by atoms with van der Waals surface area (Å²) < 4.78 is 0. The number of halogens is 1. The molecule has 0 bridgehead atoms. The summed E-state index contributed by atoms with van der Waals surface area (Å²) in [6.45, 7) is 2.62. The monoisotopic (exact) mass is 243 g/mol. The molecule has 0 saturated carbocycles. The fourth-order valence-corrected chi connectivity index (χ4v) is 1.42. The third-order valence-corrected chi connectivity index (χ3v) is 2.48. The molecule has 0 radical (unpaired) electrons. The zero-order valence-corrected chi connectivity index (χ0v) is 9.66. The minimum Gasteiger partial charge on any atom is -0.478 e. The van der Waals surface area contributed by atoms with Crippen molar-refractivity contribution >= 4 is 23.3 Å². The van der Waals surface area contributed by atoms with Gasteiger partial charge >= 0.3 is 5.97 Å². The predicted molar refractivity (Wildman–Crippen MR) is 63.2 cm³/mol. The van der Waals surface area contributed by atoms with Crippen molar-refractivity contribution in [2.75, 3.05) is 18.5 Å². The molecule has 5 heteroatoms. The highest BCUT2D eigenvalue weighted by Crippen LogP contribution is 2.21. The summed E-state index contributed by atoms with van der Waals surface area (Å²) in [6, 6.07) is 4.67. The quantitative estimate of drug-likeness (QED) is 0.741. The number of aromatic carboxylic acids is 1. The summed E-state index contributed by atoms with van der Waals surface area (Å²) >= 11 is 5.80. The van der Waals surface area contributed by atoms with Gasteiger partial charge in [0.25, 0.3) is 0 Å². The molecule has 88 valence electrons. The van der Waals surface area contributed by atoms with E-state index in [2.05, 4.69) is 5.32 Å². The van der Waals surface area contributed by atoms with Crippen molar-refractivity contribution in [1.82, 2.24) is 0 Å². The van der Waals surface area contributed by atoms with Gasteiger partial charge in [-0.2, -0.15) is 0 Å². The standard InChI is InChI=1S/C11H14ClNO3/c1-7(6-14)5-13-8-2-3-9(11(15)16)10(12)4-8/h2-4,7,13-14H,5-6H2,1H3,(H,15,16). The lowest BCUT2D eigenvalue weighted by molar-refractivity contribution is 0.0697. The van der Waals surface area contributed by atoms with Crippen LogP contribution in [0, 0.1) is 5.92 Å². The van der Waals surface area contributed by atoms with E-state index >= 15 is 0 Å². The Labute approximate surface area is 98.9 Å². The summed E-state index contributed by atoms with van der Waals surface area (Å²) in [7, 11) is 0. The second-order valence-corrected chi connectivity index (χ2v) is 4.08. The molecular formula is C11H14ClNO3. The molecule has 1 unspecified atom stereocenters. The van der Waals surface area contributed by atoms with Crippen LogP contribution in [0.4, 0.5) is 5.69 Å². The Balaban J connectivity index is 2.70. The number of nitrogens with one attached hydrogen (secondary N) is 1. The van der Waals surface area contributed by atoms with Gasteiger partial charge in [0, 0.05) is 18.8 Å². The molecule has 0 amide bonds. The van der Waals surface area contributed by atoms with Crippen LogP contribution in [-0.4, -0.2) is 29.3 Å². The SMILES string of the molecule is CC(CO)CNc1ccc(C(=O)O)c(Cl)c1. The average Bonchev–Trinajstić information content (AvgIpc) is 2.25. The topological polar surface area (TPSA) is 69.6 Å². The molecule has 0 aromatic heterocycles. The van der Waals surface area contributed by atoms with E-state index in [0.29, 0.717) is 6.54 Å². The average molecular weight is 244 g/mol. The number of hydrogen-bond acceptors (Lipinski definition) is 3. The molecule has 3 N–H and O–H groups in total. The zero-order valence-electron chi connectivity index (χ0n) is 8.90. The summed E-state index contributed by atoms with van der Waals surface area (Å²) in [5.74, 6) is -0.904. The van der Waals surface area contributed by atoms with E-state index in [1.165, 1.54) is 6.07 Å². The number of rotatable bonds is 5. The van der Waals surface area contributed by atoms with E-state index in [4.69, 9.17) is 21.8 Å². The van der Waals surface area contributed by atoms with E-state index in [1.807, 2.05) is 6.92 Å². The Morgan fingerprint density at radius 1 is 1.56 bits per heavy atom. The van der Waals surface area contributed by atoms with Gasteiger partial charge in [-0.15, -0.1) is 0 Å². The molecule has 0 spiro atoms. The lowest BCUT2D eigenvalue weighted by Crippen LogP contribution is -2.14. The van der Waals surface area contributed by atoms with Gasteiger partial charge in [-0.3, -0.25) is 0 Å². The minimum atomic E-state index is -1.04. The Kier molecular flexibility index (Phi) is 4.58. The van der Waals surface area contributed by atoms with E-state index in [9.17, 15) is 4.79 Å². The highest BCUT2D eigenvalue weighted by Gasteiger charge is 2.08. The van der Waals surface area contributed by atoms with Crippen molar-refractivity contribution in [3.05, 3.63) is 28.8 Å². The van der Waals surface area contributed by atoms with Gasteiger partial charge in [-0.05, 0) is 24.1 Å². The number of hydrogen-bond donors (Lipinski definition) is 3. The molecule has 4 nitrogen and oxygen atoms in total. The van der Waals surface area contributed by atoms with Crippen molar-refractivity contribution in [3.8, 4) is 0 Å². The van der Waals surface area contributed by atoms with Crippen LogP contribution in [0.15, 0.2) is 18.2 Å². The first kappa shape index (κ1) is 12.8. The van der Waals surface area contributed by atoms with Crippen molar-refractivity contribution in [2.24, 2.45) is 5.92 Å². The van der Waals surface area contributed by atoms with Crippen LogP contribution in [0.3, 0.4) is 0 Å². The van der Waals surface area contributed by atoms with E-state index < -0.39 is 5.97 Å². The Morgan fingerprint density at radius 2 is 2.25 bits per heavy atom. The van der Waals surface area contributed by atoms with Crippen LogP contribution in [-0.2, 0) is 0 Å². The van der Waals surface area contributed by atoms with Crippen LogP contribution in [0.2, 0.25) is 5.02 Å². The smallest absolute Gasteiger partial charge is 0.337 e. The summed E-state index contributed by atoms with van der Waals surface area (Å²) in [5.41, 5.74) is 0.831. The van der Waals surface area contributed by atoms with Gasteiger partial charge < -0.3 is 15.5 Å². The highest BCUT2D eigenvalue weighted by molar-refractivity contribution is 6.33. The number of carboxylic acids is 1. The Hall–Kier alpha value is -1.26. The van der Waals surface area contributed by atoms with Crippen molar-refractivity contribution in [3.63, 3.8) is 0 Å². The molecule has 0 fully saturated rings. The lowest BCUT2D eigenvalue weighted by atomic mass is 10.1. The zero-order chi connectivity index (χ0) is 12.1. The molecule has 0 heterocycles. The molecule has 0 aliphatic rings. The van der Waals surface area contributed by atoms with Crippen molar-refractivity contribution in [2.45, 2.75) is 6.92 Å². The maximum absolute atomic E-state index is 10.7. The van der Waals surface area contributed by atoms with Gasteiger partial charge in [0.15, 0.2) is 0 Å². The minimum absolute atomic E-state index is 0.0856. The second kappa shape index (κ2) is 5.72. The molecule has 16 heavy (non-hydrogen) atoms. The maximum Gasteiger partial charge on any atom is 0.337 e. The van der Waals surface area contributed by atoms with Crippen LogP contribution in [0.5, 0.6) is 0 Å². The lowest BCUT2D eigenvalue weighted by Gasteiger charge is -2.11. The first-order chi connectivity index (χ1) is 7.54. The number of carboxylic acid groups (broad SMARTS) is 1. The Morgan fingerprint density at radius 3 is 2.75 bits per heavy atom. The summed E-state index contributed by atoms with van der Waals surface area (Å²) in [5, 5.41) is 20.9. The van der Waals surface area contributed by atoms with Crippen LogP contribution >= 0.6 is 11.6 Å². The van der Waals surface area contributed by atoms with Crippen molar-refractivity contribution in [1.29, 1.82) is 0 Å². The van der Waals surface area contributed by atoms with Gasteiger partial charge in [0.05, 0.1) is 10.6 Å². The number of anilines is 1. The Bertz CT molecular complexity index is 381. The normalized spacial score (nSPS) is 12.2. The third-order valence-electron chi connectivity index (χ3n) is 2.17. The fraction of sp³-hybridized carbons (Fsp3) is 0.364. The van der Waals surface area contributed by atoms with Crippen LogP contribution in [0.25, 0.3) is 0 Å². The molecule has 1 aromatic rings. The predicted octanol–water partition coefficient (Wildman–Crippen LogP) is 2.08. The van der Waals surface area contributed by atoms with Crippen LogP contribution < -0.4 is 5.32 Å². The second-order valence-electron chi connectivity index (χ2n) is 3.67. The number of aliphatic hydroxyl groups excluding tert-OH is 1. The van der Waals surface area contributed by atoms with Gasteiger partial charge in [-0.1, -0.05) is 18.5 Å². The number of benzene rings is 1. The summed E-state index contributed by atoms with van der Waals surface area (Å²) in [6.07, 6.45) is 0. The van der Waals surface area contributed by atoms with Crippen molar-refractivity contribution < 1.29 is 15.0 Å². The van der Waals surface area contributed by atoms with Gasteiger partial charge in [0.2, 0.25) is 0 Å². The van der Waals surface area contributed by atoms with Gasteiger partial charge in [-0.25, -0.2) is 4.79 Å². The first-order valence-corrected chi connectivity index (χ1v) is 5.30. The molecule has 0 aliphatic carbocycles. The number of aliphatic hydroxyl groups is 1. The van der Waals surface area contributed by atoms with E-state index in [0.717, 1.165) is 5.69 Å². The van der Waals surface area contributed by atoms with E-state index in [-0.39, 0.29) is 23.1 Å². The first-order valence-electron chi connectivity index (χ1n) is 4.92. The van der Waals surface area contributed by atoms with E-state index in [1.54, 1.807) is 12.1 Å². The summed E-state index contributed by atoms with van der Waals surface area (Å²) in [4.78, 5) is 10.7. The number of carbonyl (C=O) groups is 1. The molecule has 0 aliphatic heterocycles. The fourth-order valence-electron chi connectivity index (χ4n) is 1.16. The van der Waals surface area contributed by atoms with Crippen LogP contribution in [0.1, 0.15) is 17.3 Å². The molecule has 1 rings (SSSR count).